The van der Waals surface area contributed by atoms with Crippen molar-refractivity contribution >= 4 is 44.0 Å². The number of carbonyl (C=O) groups excluding carboxylic acids is 2. The number of anilines is 2. The normalized spacial score (nSPS) is 14.2. The molecule has 1 aliphatic heterocycles. The maximum atomic E-state index is 13.0. The molecule has 1 fully saturated rings. The van der Waals surface area contributed by atoms with Crippen LogP contribution in [0.4, 0.5) is 11.4 Å². The Morgan fingerprint density at radius 3 is 2.33 bits per heavy atom. The van der Waals surface area contributed by atoms with Crippen LogP contribution in [0.1, 0.15) is 29.6 Å². The van der Waals surface area contributed by atoms with Crippen molar-refractivity contribution in [3.05, 3.63) is 72.3 Å². The lowest BCUT2D eigenvalue weighted by atomic mass is 10.1. The zero-order valence-corrected chi connectivity index (χ0v) is 19.3. The van der Waals surface area contributed by atoms with Gasteiger partial charge in [-0.1, -0.05) is 48.5 Å². The summed E-state index contributed by atoms with van der Waals surface area (Å²) in [6, 6.07) is 19.6. The average molecular weight is 466 g/mol. The fourth-order valence-corrected chi connectivity index (χ4v) is 5.04. The maximum absolute atomic E-state index is 13.0. The number of para-hydroxylation sites is 1. The van der Waals surface area contributed by atoms with Gasteiger partial charge >= 0.3 is 0 Å². The molecule has 0 spiro atoms. The first kappa shape index (κ1) is 22.8. The summed E-state index contributed by atoms with van der Waals surface area (Å²) in [4.78, 5) is 27.8. The van der Waals surface area contributed by atoms with Gasteiger partial charge in [-0.3, -0.25) is 13.9 Å². The minimum Gasteiger partial charge on any atom is -0.339 e. The predicted octanol–water partition coefficient (Wildman–Crippen LogP) is 3.87. The van der Waals surface area contributed by atoms with Gasteiger partial charge in [0.2, 0.25) is 15.9 Å². The molecule has 1 heterocycles. The van der Waals surface area contributed by atoms with Gasteiger partial charge in [0.15, 0.2) is 0 Å². The second-order valence-electron chi connectivity index (χ2n) is 8.21. The molecule has 3 aromatic carbocycles. The fraction of sp³-hybridized carbons (Fsp3) is 0.280. The summed E-state index contributed by atoms with van der Waals surface area (Å²) >= 11 is 0. The number of hydrogen-bond acceptors (Lipinski definition) is 4. The zero-order valence-electron chi connectivity index (χ0n) is 18.5. The molecule has 0 aromatic heterocycles. The van der Waals surface area contributed by atoms with Crippen LogP contribution in [-0.2, 0) is 14.8 Å². The Balaban J connectivity index is 1.59. The lowest BCUT2D eigenvalue weighted by molar-refractivity contribution is -0.114. The summed E-state index contributed by atoms with van der Waals surface area (Å²) in [5.41, 5.74) is 1.22. The number of nitrogens with one attached hydrogen (secondary N) is 1. The molecule has 4 rings (SSSR count). The molecular weight excluding hydrogens is 438 g/mol. The van der Waals surface area contributed by atoms with Gasteiger partial charge in [-0.25, -0.2) is 8.42 Å². The van der Waals surface area contributed by atoms with Gasteiger partial charge in [0, 0.05) is 18.5 Å². The molecular formula is C25H27N3O4S. The van der Waals surface area contributed by atoms with Gasteiger partial charge in [-0.2, -0.15) is 0 Å². The molecule has 8 heteroatoms. The van der Waals surface area contributed by atoms with Crippen molar-refractivity contribution in [3.63, 3.8) is 0 Å². The van der Waals surface area contributed by atoms with E-state index in [0.717, 1.165) is 40.6 Å². The van der Waals surface area contributed by atoms with E-state index >= 15 is 0 Å². The lowest BCUT2D eigenvalue weighted by Crippen LogP contribution is -2.38. The Kier molecular flexibility index (Phi) is 6.65. The number of benzene rings is 3. The van der Waals surface area contributed by atoms with Crippen LogP contribution in [0.2, 0.25) is 0 Å². The Morgan fingerprint density at radius 2 is 1.58 bits per heavy atom. The molecule has 0 unspecified atom stereocenters. The van der Waals surface area contributed by atoms with E-state index in [2.05, 4.69) is 5.32 Å². The highest BCUT2D eigenvalue weighted by atomic mass is 32.2. The summed E-state index contributed by atoms with van der Waals surface area (Å²) in [5.74, 6) is -0.646. The first-order chi connectivity index (χ1) is 15.8. The van der Waals surface area contributed by atoms with E-state index in [-0.39, 0.29) is 5.91 Å². The Bertz CT molecular complexity index is 1280. The minimum atomic E-state index is -3.74. The third-order valence-electron chi connectivity index (χ3n) is 5.80. The molecule has 0 radical (unpaired) electrons. The van der Waals surface area contributed by atoms with Gasteiger partial charge in [0.05, 0.1) is 23.2 Å². The van der Waals surface area contributed by atoms with Crippen LogP contribution in [0.5, 0.6) is 0 Å². The van der Waals surface area contributed by atoms with Crippen molar-refractivity contribution < 1.29 is 18.0 Å². The molecule has 1 aliphatic rings. The first-order valence-electron chi connectivity index (χ1n) is 11.0. The van der Waals surface area contributed by atoms with Crippen LogP contribution >= 0.6 is 0 Å². The molecule has 3 aromatic rings. The molecule has 0 atom stereocenters. The first-order valence-corrected chi connectivity index (χ1v) is 12.8. The number of piperidine rings is 1. The van der Waals surface area contributed by atoms with Crippen molar-refractivity contribution in [3.8, 4) is 0 Å². The number of rotatable bonds is 6. The van der Waals surface area contributed by atoms with Crippen molar-refractivity contribution in [1.29, 1.82) is 0 Å². The van der Waals surface area contributed by atoms with E-state index in [9.17, 15) is 18.0 Å². The largest absolute Gasteiger partial charge is 0.339 e. The second kappa shape index (κ2) is 9.62. The SMILES string of the molecule is CS(=O)(=O)N(CC(=O)Nc1ccccc1C(=O)N1CCCCC1)c1cccc2ccccc12. The quantitative estimate of drug-likeness (QED) is 0.599. The number of fused-ring (bicyclic) bond motifs is 1. The van der Waals surface area contributed by atoms with Crippen LogP contribution < -0.4 is 9.62 Å². The molecule has 1 saturated heterocycles. The summed E-state index contributed by atoms with van der Waals surface area (Å²) in [5, 5.41) is 4.37. The number of sulfonamides is 1. The molecule has 7 nitrogen and oxygen atoms in total. The zero-order chi connectivity index (χ0) is 23.4. The highest BCUT2D eigenvalue weighted by Gasteiger charge is 2.25. The van der Waals surface area contributed by atoms with E-state index in [4.69, 9.17) is 0 Å². The van der Waals surface area contributed by atoms with E-state index < -0.39 is 22.5 Å². The van der Waals surface area contributed by atoms with Gasteiger partial charge in [0.1, 0.15) is 6.54 Å². The maximum Gasteiger partial charge on any atom is 0.255 e. The van der Waals surface area contributed by atoms with Crippen molar-refractivity contribution in [2.75, 3.05) is 35.5 Å². The molecule has 0 saturated carbocycles. The van der Waals surface area contributed by atoms with E-state index in [1.54, 1.807) is 41.3 Å². The van der Waals surface area contributed by atoms with Crippen LogP contribution in [0, 0.1) is 0 Å². The Hall–Kier alpha value is -3.39. The average Bonchev–Trinajstić information content (AvgIpc) is 2.82. The Labute approximate surface area is 194 Å². The number of hydrogen-bond donors (Lipinski definition) is 1. The van der Waals surface area contributed by atoms with Crippen LogP contribution in [0.15, 0.2) is 66.7 Å². The van der Waals surface area contributed by atoms with Gasteiger partial charge in [0.25, 0.3) is 5.91 Å². The number of carbonyl (C=O) groups is 2. The van der Waals surface area contributed by atoms with Crippen LogP contribution in [0.3, 0.4) is 0 Å². The van der Waals surface area contributed by atoms with Gasteiger partial charge in [-0.15, -0.1) is 0 Å². The molecule has 172 valence electrons. The van der Waals surface area contributed by atoms with Gasteiger partial charge < -0.3 is 10.2 Å². The smallest absolute Gasteiger partial charge is 0.255 e. The predicted molar refractivity (Wildman–Crippen MR) is 131 cm³/mol. The number of amides is 2. The summed E-state index contributed by atoms with van der Waals surface area (Å²) < 4.78 is 26.4. The molecule has 0 aliphatic carbocycles. The lowest BCUT2D eigenvalue weighted by Gasteiger charge is -2.27. The second-order valence-corrected chi connectivity index (χ2v) is 10.1. The van der Waals surface area contributed by atoms with Gasteiger partial charge in [-0.05, 0) is 42.8 Å². The molecule has 0 bridgehead atoms. The highest BCUT2D eigenvalue weighted by Crippen LogP contribution is 2.28. The summed E-state index contributed by atoms with van der Waals surface area (Å²) in [6.07, 6.45) is 4.12. The van der Waals surface area contributed by atoms with Crippen LogP contribution in [0.25, 0.3) is 10.8 Å². The molecule has 2 amide bonds. The Morgan fingerprint density at radius 1 is 0.909 bits per heavy atom. The molecule has 1 N–H and O–H groups in total. The van der Waals surface area contributed by atoms with E-state index in [1.807, 2.05) is 30.3 Å². The van der Waals surface area contributed by atoms with Crippen molar-refractivity contribution in [2.45, 2.75) is 19.3 Å². The summed E-state index contributed by atoms with van der Waals surface area (Å²) in [7, 11) is -3.74. The van der Waals surface area contributed by atoms with E-state index in [1.165, 1.54) is 0 Å². The van der Waals surface area contributed by atoms with E-state index in [0.29, 0.717) is 30.0 Å². The number of nitrogens with zero attached hydrogens (tertiary/aromatic N) is 2. The minimum absolute atomic E-state index is 0.125. The third kappa shape index (κ3) is 5.17. The van der Waals surface area contributed by atoms with Crippen molar-refractivity contribution in [2.24, 2.45) is 0 Å². The highest BCUT2D eigenvalue weighted by molar-refractivity contribution is 7.92. The number of likely N-dealkylation sites (tertiary alicyclic amines) is 1. The monoisotopic (exact) mass is 465 g/mol. The fourth-order valence-electron chi connectivity index (χ4n) is 4.17. The molecule has 33 heavy (non-hydrogen) atoms. The topological polar surface area (TPSA) is 86.8 Å². The van der Waals surface area contributed by atoms with Crippen molar-refractivity contribution in [1.82, 2.24) is 4.90 Å². The summed E-state index contributed by atoms with van der Waals surface area (Å²) in [6.45, 7) is 0.993. The van der Waals surface area contributed by atoms with Crippen LogP contribution in [-0.4, -0.2) is 51.0 Å². The third-order valence-corrected chi connectivity index (χ3v) is 6.92. The standard InChI is InChI=1S/C25H27N3O4S/c1-33(31,32)28(23-15-9-11-19-10-3-4-12-20(19)23)18-24(29)26-22-14-6-5-13-21(22)25(30)27-16-7-2-8-17-27/h3-6,9-15H,2,7-8,16-18H2,1H3,(H,26,29).